The van der Waals surface area contributed by atoms with E-state index in [0.29, 0.717) is 0 Å². The van der Waals surface area contributed by atoms with Crippen LogP contribution < -0.4 is 11.3 Å². The van der Waals surface area contributed by atoms with E-state index in [0.717, 1.165) is 22.9 Å². The molecule has 0 radical (unpaired) electrons. The highest BCUT2D eigenvalue weighted by Gasteiger charge is 2.23. The van der Waals surface area contributed by atoms with Crippen LogP contribution in [0.25, 0.3) is 0 Å². The maximum atomic E-state index is 13.8. The van der Waals surface area contributed by atoms with Gasteiger partial charge in [0.1, 0.15) is 0 Å². The molecule has 6 heteroatoms. The molecule has 0 saturated heterocycles. The minimum atomic E-state index is -1.48. The zero-order valence-electron chi connectivity index (χ0n) is 10.2. The first kappa shape index (κ1) is 14.0. The Morgan fingerprint density at radius 3 is 2.58 bits per heavy atom. The number of hydrazine groups is 1. The summed E-state index contributed by atoms with van der Waals surface area (Å²) in [5.74, 6) is 1.55. The van der Waals surface area contributed by atoms with Gasteiger partial charge in [-0.2, -0.15) is 0 Å². The molecule has 19 heavy (non-hydrogen) atoms. The van der Waals surface area contributed by atoms with Crippen LogP contribution in [-0.2, 0) is 6.42 Å². The highest BCUT2D eigenvalue weighted by molar-refractivity contribution is 7.10. The van der Waals surface area contributed by atoms with Crippen molar-refractivity contribution in [2.75, 3.05) is 0 Å². The molecule has 2 rings (SSSR count). The van der Waals surface area contributed by atoms with Crippen LogP contribution in [0.3, 0.4) is 0 Å². The SMILES string of the molecule is CCc1ccsc1C(NN)c1ccc(F)c(F)c1F. The standard InChI is InChI=1S/C13H13F3N2S/c1-2-7-5-6-19-13(7)12(18-17)8-3-4-9(14)11(16)10(8)15/h3-6,12,18H,2,17H2,1H3. The van der Waals surface area contributed by atoms with Crippen LogP contribution in [0.15, 0.2) is 23.6 Å². The van der Waals surface area contributed by atoms with Crippen LogP contribution in [0.1, 0.15) is 29.0 Å². The average molecular weight is 286 g/mol. The molecule has 0 fully saturated rings. The van der Waals surface area contributed by atoms with Crippen LogP contribution in [0.5, 0.6) is 0 Å². The Labute approximate surface area is 113 Å². The number of thiophene rings is 1. The van der Waals surface area contributed by atoms with E-state index in [1.54, 1.807) is 0 Å². The van der Waals surface area contributed by atoms with Crippen molar-refractivity contribution in [3.05, 3.63) is 57.0 Å². The lowest BCUT2D eigenvalue weighted by Crippen LogP contribution is -2.29. The van der Waals surface area contributed by atoms with Crippen LogP contribution in [0, 0.1) is 17.5 Å². The van der Waals surface area contributed by atoms with Crippen molar-refractivity contribution in [1.29, 1.82) is 0 Å². The normalized spacial score (nSPS) is 12.7. The first-order chi connectivity index (χ1) is 9.10. The summed E-state index contributed by atoms with van der Waals surface area (Å²) in [4.78, 5) is 0.801. The van der Waals surface area contributed by atoms with Crippen molar-refractivity contribution in [2.24, 2.45) is 5.84 Å². The highest BCUT2D eigenvalue weighted by Crippen LogP contribution is 2.32. The van der Waals surface area contributed by atoms with E-state index in [-0.39, 0.29) is 5.56 Å². The fraction of sp³-hybridized carbons (Fsp3) is 0.231. The van der Waals surface area contributed by atoms with Crippen molar-refractivity contribution in [2.45, 2.75) is 19.4 Å². The van der Waals surface area contributed by atoms with Gasteiger partial charge in [0.15, 0.2) is 17.5 Å². The second kappa shape index (κ2) is 5.73. The second-order valence-corrected chi connectivity index (χ2v) is 4.98. The third kappa shape index (κ3) is 2.51. The summed E-state index contributed by atoms with van der Waals surface area (Å²) in [6.07, 6.45) is 0.752. The Bertz CT molecular complexity index is 583. The average Bonchev–Trinajstić information content (AvgIpc) is 2.88. The van der Waals surface area contributed by atoms with Crippen LogP contribution >= 0.6 is 11.3 Å². The molecule has 1 heterocycles. The number of benzene rings is 1. The summed E-state index contributed by atoms with van der Waals surface area (Å²) in [7, 11) is 0. The van der Waals surface area contributed by atoms with E-state index < -0.39 is 23.5 Å². The van der Waals surface area contributed by atoms with E-state index in [2.05, 4.69) is 5.43 Å². The maximum absolute atomic E-state index is 13.8. The largest absolute Gasteiger partial charge is 0.271 e. The first-order valence-electron chi connectivity index (χ1n) is 5.75. The van der Waals surface area contributed by atoms with E-state index in [1.165, 1.54) is 17.4 Å². The molecule has 2 nitrogen and oxygen atoms in total. The molecule has 3 N–H and O–H groups in total. The molecule has 0 aliphatic carbocycles. The van der Waals surface area contributed by atoms with Crippen molar-refractivity contribution in [3.8, 4) is 0 Å². The van der Waals surface area contributed by atoms with E-state index in [9.17, 15) is 13.2 Å². The molecule has 1 aromatic carbocycles. The summed E-state index contributed by atoms with van der Waals surface area (Å²) >= 11 is 1.40. The molecular weight excluding hydrogens is 273 g/mol. The van der Waals surface area contributed by atoms with Gasteiger partial charge in [0.05, 0.1) is 6.04 Å². The van der Waals surface area contributed by atoms with Gasteiger partial charge in [0.2, 0.25) is 0 Å². The summed E-state index contributed by atoms with van der Waals surface area (Å²) < 4.78 is 40.1. The molecule has 0 aliphatic rings. The van der Waals surface area contributed by atoms with Crippen molar-refractivity contribution in [3.63, 3.8) is 0 Å². The van der Waals surface area contributed by atoms with Gasteiger partial charge in [-0.3, -0.25) is 5.84 Å². The topological polar surface area (TPSA) is 38.0 Å². The van der Waals surface area contributed by atoms with Gasteiger partial charge < -0.3 is 0 Å². The Morgan fingerprint density at radius 1 is 1.21 bits per heavy atom. The Hall–Kier alpha value is -1.37. The molecular formula is C13H13F3N2S. The minimum Gasteiger partial charge on any atom is -0.271 e. The fourth-order valence-electron chi connectivity index (χ4n) is 1.96. The van der Waals surface area contributed by atoms with Gasteiger partial charge in [-0.1, -0.05) is 13.0 Å². The Kier molecular flexibility index (Phi) is 4.24. The maximum Gasteiger partial charge on any atom is 0.194 e. The zero-order chi connectivity index (χ0) is 14.0. The highest BCUT2D eigenvalue weighted by atomic mass is 32.1. The number of halogens is 3. The van der Waals surface area contributed by atoms with Crippen molar-refractivity contribution in [1.82, 2.24) is 5.43 Å². The number of nitrogens with one attached hydrogen (secondary N) is 1. The zero-order valence-corrected chi connectivity index (χ0v) is 11.0. The lowest BCUT2D eigenvalue weighted by molar-refractivity contribution is 0.433. The van der Waals surface area contributed by atoms with E-state index >= 15 is 0 Å². The van der Waals surface area contributed by atoms with Crippen LogP contribution in [-0.4, -0.2) is 0 Å². The number of aryl methyl sites for hydroxylation is 1. The van der Waals surface area contributed by atoms with Gasteiger partial charge in [0.25, 0.3) is 0 Å². The summed E-state index contributed by atoms with van der Waals surface area (Å²) in [5.41, 5.74) is 3.46. The molecule has 0 bridgehead atoms. The summed E-state index contributed by atoms with van der Waals surface area (Å²) in [5, 5.41) is 1.86. The lowest BCUT2D eigenvalue weighted by atomic mass is 10.0. The third-order valence-electron chi connectivity index (χ3n) is 2.97. The van der Waals surface area contributed by atoms with Crippen molar-refractivity contribution >= 4 is 11.3 Å². The van der Waals surface area contributed by atoms with Crippen LogP contribution in [0.4, 0.5) is 13.2 Å². The Balaban J connectivity index is 2.52. The van der Waals surface area contributed by atoms with Gasteiger partial charge in [-0.15, -0.1) is 11.3 Å². The monoisotopic (exact) mass is 286 g/mol. The smallest absolute Gasteiger partial charge is 0.194 e. The molecule has 0 amide bonds. The molecule has 1 unspecified atom stereocenters. The fourth-order valence-corrected chi connectivity index (χ4v) is 3.04. The molecule has 2 aromatic rings. The number of hydrogen-bond acceptors (Lipinski definition) is 3. The van der Waals surface area contributed by atoms with Gasteiger partial charge in [-0.05, 0) is 29.5 Å². The number of hydrogen-bond donors (Lipinski definition) is 2. The minimum absolute atomic E-state index is 0.00134. The summed E-state index contributed by atoms with van der Waals surface area (Å²) in [6, 6.07) is 3.32. The molecule has 1 atom stereocenters. The summed E-state index contributed by atoms with van der Waals surface area (Å²) in [6.45, 7) is 1.96. The van der Waals surface area contributed by atoms with E-state index in [4.69, 9.17) is 5.84 Å². The van der Waals surface area contributed by atoms with Gasteiger partial charge in [0, 0.05) is 10.4 Å². The second-order valence-electron chi connectivity index (χ2n) is 4.03. The third-order valence-corrected chi connectivity index (χ3v) is 3.99. The van der Waals surface area contributed by atoms with E-state index in [1.807, 2.05) is 18.4 Å². The molecule has 0 saturated carbocycles. The molecule has 0 aliphatic heterocycles. The van der Waals surface area contributed by atoms with Gasteiger partial charge >= 0.3 is 0 Å². The predicted molar refractivity (Wildman–Crippen MR) is 69.2 cm³/mol. The van der Waals surface area contributed by atoms with Crippen LogP contribution in [0.2, 0.25) is 0 Å². The lowest BCUT2D eigenvalue weighted by Gasteiger charge is -2.17. The predicted octanol–water partition coefficient (Wildman–Crippen LogP) is 3.28. The molecule has 0 spiro atoms. The van der Waals surface area contributed by atoms with Crippen molar-refractivity contribution < 1.29 is 13.2 Å². The quantitative estimate of drug-likeness (QED) is 0.514. The number of nitrogens with two attached hydrogens (primary N) is 1. The number of rotatable bonds is 4. The molecule has 1 aromatic heterocycles. The molecule has 102 valence electrons. The first-order valence-corrected chi connectivity index (χ1v) is 6.63. The van der Waals surface area contributed by atoms with Gasteiger partial charge in [-0.25, -0.2) is 18.6 Å². The Morgan fingerprint density at radius 2 is 1.95 bits per heavy atom.